The van der Waals surface area contributed by atoms with Crippen LogP contribution < -0.4 is 0 Å². The highest BCUT2D eigenvalue weighted by Crippen LogP contribution is 2.24. The molecule has 17 heavy (non-hydrogen) atoms. The van der Waals surface area contributed by atoms with E-state index in [1.165, 1.54) is 11.3 Å². The van der Waals surface area contributed by atoms with E-state index in [-0.39, 0.29) is 5.78 Å². The molecule has 90 valence electrons. The molecule has 0 N–H and O–H groups in total. The number of hydrogen-bond donors (Lipinski definition) is 0. The van der Waals surface area contributed by atoms with E-state index in [1.807, 2.05) is 36.0 Å². The Hall–Kier alpha value is -0.940. The van der Waals surface area contributed by atoms with Crippen molar-refractivity contribution >= 4 is 33.0 Å². The first-order valence-corrected chi connectivity index (χ1v) is 7.08. The molecule has 0 aliphatic carbocycles. The number of halogens is 1. The Morgan fingerprint density at radius 2 is 2.35 bits per heavy atom. The van der Waals surface area contributed by atoms with E-state index >= 15 is 0 Å². The fourth-order valence-corrected chi connectivity index (χ4v) is 3.29. The smallest absolute Gasteiger partial charge is 0.179 e. The van der Waals surface area contributed by atoms with Gasteiger partial charge in [0, 0.05) is 16.7 Å². The van der Waals surface area contributed by atoms with Gasteiger partial charge in [0.25, 0.3) is 0 Å². The van der Waals surface area contributed by atoms with Crippen molar-refractivity contribution in [2.24, 2.45) is 0 Å². The van der Waals surface area contributed by atoms with Gasteiger partial charge in [-0.25, -0.2) is 0 Å². The molecular formula is C12H13BrN2OS. The van der Waals surface area contributed by atoms with E-state index in [4.69, 9.17) is 0 Å². The quantitative estimate of drug-likeness (QED) is 0.810. The maximum atomic E-state index is 12.1. The van der Waals surface area contributed by atoms with Gasteiger partial charge in [-0.1, -0.05) is 0 Å². The van der Waals surface area contributed by atoms with E-state index in [1.54, 1.807) is 0 Å². The SMILES string of the molecule is CCn1nc(C)cc1CC(=O)c1sccc1Br. The summed E-state index contributed by atoms with van der Waals surface area (Å²) in [6.07, 6.45) is 0.411. The van der Waals surface area contributed by atoms with E-state index in [9.17, 15) is 4.79 Å². The maximum Gasteiger partial charge on any atom is 0.179 e. The maximum absolute atomic E-state index is 12.1. The summed E-state index contributed by atoms with van der Waals surface area (Å²) in [6, 6.07) is 3.88. The first-order valence-electron chi connectivity index (χ1n) is 5.41. The lowest BCUT2D eigenvalue weighted by Crippen LogP contribution is -2.09. The molecule has 5 heteroatoms. The number of aryl methyl sites for hydroxylation is 2. The van der Waals surface area contributed by atoms with Crippen LogP contribution in [0.5, 0.6) is 0 Å². The van der Waals surface area contributed by atoms with Crippen molar-refractivity contribution in [3.63, 3.8) is 0 Å². The molecule has 2 rings (SSSR count). The molecule has 0 saturated carbocycles. The van der Waals surface area contributed by atoms with Crippen LogP contribution in [0.2, 0.25) is 0 Å². The Morgan fingerprint density at radius 3 is 2.94 bits per heavy atom. The van der Waals surface area contributed by atoms with E-state index in [0.717, 1.165) is 27.3 Å². The second-order valence-corrected chi connectivity index (χ2v) is 5.56. The van der Waals surface area contributed by atoms with Crippen LogP contribution in [0.4, 0.5) is 0 Å². The summed E-state index contributed by atoms with van der Waals surface area (Å²) in [5, 5.41) is 6.26. The summed E-state index contributed by atoms with van der Waals surface area (Å²) in [5.41, 5.74) is 1.94. The van der Waals surface area contributed by atoms with Gasteiger partial charge in [0.2, 0.25) is 0 Å². The molecule has 2 heterocycles. The highest BCUT2D eigenvalue weighted by molar-refractivity contribution is 9.10. The Labute approximate surface area is 113 Å². The number of Topliss-reactive ketones (excluding diaryl/α,β-unsaturated/α-hetero) is 1. The monoisotopic (exact) mass is 312 g/mol. The van der Waals surface area contributed by atoms with Crippen LogP contribution in [0.15, 0.2) is 22.0 Å². The number of aromatic nitrogens is 2. The molecule has 0 aromatic carbocycles. The molecule has 0 unspecified atom stereocenters. The topological polar surface area (TPSA) is 34.9 Å². The molecular weight excluding hydrogens is 300 g/mol. The van der Waals surface area contributed by atoms with Crippen LogP contribution in [0.3, 0.4) is 0 Å². The number of hydrogen-bond acceptors (Lipinski definition) is 3. The first kappa shape index (κ1) is 12.5. The van der Waals surface area contributed by atoms with Crippen LogP contribution in [0.25, 0.3) is 0 Å². The number of ketones is 1. The summed E-state index contributed by atoms with van der Waals surface area (Å²) >= 11 is 4.86. The average Bonchev–Trinajstić information content (AvgIpc) is 2.84. The highest BCUT2D eigenvalue weighted by atomic mass is 79.9. The first-order chi connectivity index (χ1) is 8.11. The van der Waals surface area contributed by atoms with Gasteiger partial charge in [-0.15, -0.1) is 11.3 Å². The van der Waals surface area contributed by atoms with Gasteiger partial charge in [-0.2, -0.15) is 5.10 Å². The second kappa shape index (κ2) is 5.14. The molecule has 0 aliphatic heterocycles. The lowest BCUT2D eigenvalue weighted by Gasteiger charge is -2.03. The van der Waals surface area contributed by atoms with Crippen molar-refractivity contribution in [2.75, 3.05) is 0 Å². The number of rotatable bonds is 4. The van der Waals surface area contributed by atoms with Crippen LogP contribution in [-0.4, -0.2) is 15.6 Å². The molecule has 0 aliphatic rings. The number of carbonyl (C=O) groups excluding carboxylic acids is 1. The minimum Gasteiger partial charge on any atom is -0.293 e. The fraction of sp³-hybridized carbons (Fsp3) is 0.333. The van der Waals surface area contributed by atoms with Crippen LogP contribution in [0, 0.1) is 6.92 Å². The molecule has 0 radical (unpaired) electrons. The standard InChI is InChI=1S/C12H13BrN2OS/c1-3-15-9(6-8(2)14-15)7-11(16)12-10(13)4-5-17-12/h4-6H,3,7H2,1-2H3. The minimum absolute atomic E-state index is 0.140. The van der Waals surface area contributed by atoms with E-state index in [2.05, 4.69) is 21.0 Å². The lowest BCUT2D eigenvalue weighted by atomic mass is 10.2. The third-order valence-corrected chi connectivity index (χ3v) is 4.38. The van der Waals surface area contributed by atoms with Crippen molar-refractivity contribution in [2.45, 2.75) is 26.8 Å². The molecule has 0 amide bonds. The Balaban J connectivity index is 2.21. The second-order valence-electron chi connectivity index (χ2n) is 3.79. The summed E-state index contributed by atoms with van der Waals surface area (Å²) in [6.45, 7) is 4.77. The molecule has 0 atom stereocenters. The molecule has 0 spiro atoms. The molecule has 0 fully saturated rings. The van der Waals surface area contributed by atoms with E-state index in [0.29, 0.717) is 6.42 Å². The highest BCUT2D eigenvalue weighted by Gasteiger charge is 2.15. The average molecular weight is 313 g/mol. The summed E-state index contributed by atoms with van der Waals surface area (Å²) in [5.74, 6) is 0.140. The van der Waals surface area contributed by atoms with Crippen molar-refractivity contribution in [3.8, 4) is 0 Å². The zero-order valence-corrected chi connectivity index (χ0v) is 12.1. The van der Waals surface area contributed by atoms with Gasteiger partial charge >= 0.3 is 0 Å². The Bertz CT molecular complexity index is 544. The molecule has 2 aromatic heterocycles. The largest absolute Gasteiger partial charge is 0.293 e. The van der Waals surface area contributed by atoms with Gasteiger partial charge in [0.05, 0.1) is 17.0 Å². The van der Waals surface area contributed by atoms with Crippen LogP contribution >= 0.6 is 27.3 Å². The molecule has 0 bridgehead atoms. The lowest BCUT2D eigenvalue weighted by molar-refractivity contribution is 0.0994. The minimum atomic E-state index is 0.140. The number of thiophene rings is 1. The van der Waals surface area contributed by atoms with Gasteiger partial charge in [-0.3, -0.25) is 9.48 Å². The predicted molar refractivity (Wildman–Crippen MR) is 72.7 cm³/mol. The normalized spacial score (nSPS) is 10.8. The Morgan fingerprint density at radius 1 is 1.59 bits per heavy atom. The zero-order valence-electron chi connectivity index (χ0n) is 9.74. The number of nitrogens with zero attached hydrogens (tertiary/aromatic N) is 2. The van der Waals surface area contributed by atoms with Gasteiger partial charge < -0.3 is 0 Å². The molecule has 3 nitrogen and oxygen atoms in total. The third-order valence-electron chi connectivity index (χ3n) is 2.50. The van der Waals surface area contributed by atoms with Crippen LogP contribution in [0.1, 0.15) is 28.0 Å². The van der Waals surface area contributed by atoms with Crippen molar-refractivity contribution in [3.05, 3.63) is 38.3 Å². The van der Waals surface area contributed by atoms with Gasteiger partial charge in [-0.05, 0) is 47.3 Å². The van der Waals surface area contributed by atoms with Gasteiger partial charge in [0.1, 0.15) is 0 Å². The zero-order chi connectivity index (χ0) is 12.4. The molecule has 0 saturated heterocycles. The van der Waals surface area contributed by atoms with Gasteiger partial charge in [0.15, 0.2) is 5.78 Å². The molecule has 2 aromatic rings. The Kier molecular flexibility index (Phi) is 3.79. The third kappa shape index (κ3) is 2.66. The van der Waals surface area contributed by atoms with Crippen molar-refractivity contribution < 1.29 is 4.79 Å². The van der Waals surface area contributed by atoms with E-state index < -0.39 is 0 Å². The summed E-state index contributed by atoms with van der Waals surface area (Å²) in [4.78, 5) is 12.9. The fourth-order valence-electron chi connectivity index (χ4n) is 1.75. The number of carbonyl (C=O) groups is 1. The van der Waals surface area contributed by atoms with Crippen molar-refractivity contribution in [1.82, 2.24) is 9.78 Å². The summed E-state index contributed by atoms with van der Waals surface area (Å²) in [7, 11) is 0. The predicted octanol–water partition coefficient (Wildman–Crippen LogP) is 3.46. The van der Waals surface area contributed by atoms with Crippen LogP contribution in [-0.2, 0) is 13.0 Å². The summed E-state index contributed by atoms with van der Waals surface area (Å²) < 4.78 is 2.76. The van der Waals surface area contributed by atoms with Crippen molar-refractivity contribution in [1.29, 1.82) is 0 Å².